The number of halogens is 1. The van der Waals surface area contributed by atoms with Crippen LogP contribution in [0.25, 0.3) is 0 Å². The Kier molecular flexibility index (Phi) is 3.41. The van der Waals surface area contributed by atoms with Gasteiger partial charge < -0.3 is 5.32 Å². The Morgan fingerprint density at radius 1 is 1.60 bits per heavy atom. The molecule has 1 N–H and O–H groups in total. The van der Waals surface area contributed by atoms with Crippen molar-refractivity contribution in [3.63, 3.8) is 0 Å². The second-order valence-corrected chi connectivity index (χ2v) is 4.77. The van der Waals surface area contributed by atoms with E-state index < -0.39 is 0 Å². The Hall–Kier alpha value is -0.830. The first-order valence-electron chi connectivity index (χ1n) is 5.43. The van der Waals surface area contributed by atoms with Crippen LogP contribution in [0.15, 0.2) is 12.3 Å². The van der Waals surface area contributed by atoms with Crippen molar-refractivity contribution in [2.24, 2.45) is 5.92 Å². The van der Waals surface area contributed by atoms with Gasteiger partial charge in [0.25, 0.3) is 0 Å². The third kappa shape index (κ3) is 2.81. The standard InChI is InChI=1S/C11H16ClN3/c1-8-5-11(15-14-6-8)13-7-10(12)9-3-2-4-9/h5-6,9-10H,2-4,7H2,1H3,(H,13,15). The average molecular weight is 226 g/mol. The summed E-state index contributed by atoms with van der Waals surface area (Å²) < 4.78 is 0. The molecule has 1 aliphatic rings. The molecule has 0 bridgehead atoms. The molecule has 1 atom stereocenters. The van der Waals surface area contributed by atoms with Gasteiger partial charge in [-0.2, -0.15) is 5.10 Å². The Bertz CT molecular complexity index is 325. The van der Waals surface area contributed by atoms with Gasteiger partial charge in [0.2, 0.25) is 0 Å². The molecular formula is C11H16ClN3. The first-order valence-corrected chi connectivity index (χ1v) is 5.86. The predicted octanol–water partition coefficient (Wildman–Crippen LogP) is 2.60. The van der Waals surface area contributed by atoms with Gasteiger partial charge in [-0.05, 0) is 37.3 Å². The van der Waals surface area contributed by atoms with Crippen LogP contribution < -0.4 is 5.32 Å². The van der Waals surface area contributed by atoms with E-state index in [0.29, 0.717) is 5.92 Å². The van der Waals surface area contributed by atoms with Crippen molar-refractivity contribution in [2.75, 3.05) is 11.9 Å². The summed E-state index contributed by atoms with van der Waals surface area (Å²) in [6, 6.07) is 1.98. The number of aromatic nitrogens is 2. The third-order valence-electron chi connectivity index (χ3n) is 2.93. The summed E-state index contributed by atoms with van der Waals surface area (Å²) in [5, 5.41) is 11.3. The summed E-state index contributed by atoms with van der Waals surface area (Å²) in [5.41, 5.74) is 1.11. The minimum Gasteiger partial charge on any atom is -0.367 e. The Morgan fingerprint density at radius 2 is 2.40 bits per heavy atom. The quantitative estimate of drug-likeness (QED) is 0.801. The van der Waals surface area contributed by atoms with Crippen LogP contribution in [0.4, 0.5) is 5.82 Å². The summed E-state index contributed by atoms with van der Waals surface area (Å²) >= 11 is 6.26. The lowest BCUT2D eigenvalue weighted by Gasteiger charge is -2.29. The first kappa shape index (κ1) is 10.7. The SMILES string of the molecule is Cc1cnnc(NCC(Cl)C2CCC2)c1. The smallest absolute Gasteiger partial charge is 0.148 e. The number of nitrogens with one attached hydrogen (secondary N) is 1. The molecule has 1 saturated carbocycles. The van der Waals surface area contributed by atoms with E-state index in [9.17, 15) is 0 Å². The normalized spacial score (nSPS) is 18.3. The molecule has 0 saturated heterocycles. The van der Waals surface area contributed by atoms with Crippen molar-refractivity contribution < 1.29 is 0 Å². The molecule has 1 aromatic rings. The molecule has 15 heavy (non-hydrogen) atoms. The van der Waals surface area contributed by atoms with Gasteiger partial charge in [-0.25, -0.2) is 0 Å². The predicted molar refractivity (Wildman–Crippen MR) is 62.2 cm³/mol. The van der Waals surface area contributed by atoms with Gasteiger partial charge in [-0.1, -0.05) is 6.42 Å². The van der Waals surface area contributed by atoms with E-state index in [-0.39, 0.29) is 5.38 Å². The number of hydrogen-bond donors (Lipinski definition) is 1. The van der Waals surface area contributed by atoms with E-state index >= 15 is 0 Å². The molecule has 0 aliphatic heterocycles. The summed E-state index contributed by atoms with van der Waals surface area (Å²) in [5.74, 6) is 1.51. The van der Waals surface area contributed by atoms with Crippen molar-refractivity contribution in [3.05, 3.63) is 17.8 Å². The van der Waals surface area contributed by atoms with Crippen LogP contribution in [-0.2, 0) is 0 Å². The second kappa shape index (κ2) is 4.79. The first-order chi connectivity index (χ1) is 7.25. The third-order valence-corrected chi connectivity index (χ3v) is 3.44. The fourth-order valence-corrected chi connectivity index (χ4v) is 2.05. The Morgan fingerprint density at radius 3 is 3.00 bits per heavy atom. The summed E-state index contributed by atoms with van der Waals surface area (Å²) in [6.45, 7) is 2.79. The fraction of sp³-hybridized carbons (Fsp3) is 0.636. The molecule has 0 amide bonds. The summed E-state index contributed by atoms with van der Waals surface area (Å²) in [4.78, 5) is 0. The van der Waals surface area contributed by atoms with Gasteiger partial charge in [0.15, 0.2) is 0 Å². The van der Waals surface area contributed by atoms with Crippen LogP contribution in [0, 0.1) is 12.8 Å². The zero-order valence-corrected chi connectivity index (χ0v) is 9.67. The summed E-state index contributed by atoms with van der Waals surface area (Å²) in [6.07, 6.45) is 5.62. The molecule has 1 unspecified atom stereocenters. The van der Waals surface area contributed by atoms with Gasteiger partial charge >= 0.3 is 0 Å². The van der Waals surface area contributed by atoms with Gasteiger partial charge in [-0.15, -0.1) is 16.7 Å². The molecule has 0 radical (unpaired) electrons. The van der Waals surface area contributed by atoms with E-state index in [0.717, 1.165) is 17.9 Å². The van der Waals surface area contributed by atoms with Gasteiger partial charge in [0, 0.05) is 6.54 Å². The van der Waals surface area contributed by atoms with Crippen molar-refractivity contribution in [3.8, 4) is 0 Å². The number of hydrogen-bond acceptors (Lipinski definition) is 3. The number of anilines is 1. The molecule has 4 heteroatoms. The lowest BCUT2D eigenvalue weighted by molar-refractivity contribution is 0.308. The molecular weight excluding hydrogens is 210 g/mol. The lowest BCUT2D eigenvalue weighted by atomic mass is 9.83. The number of rotatable bonds is 4. The van der Waals surface area contributed by atoms with E-state index in [2.05, 4.69) is 15.5 Å². The summed E-state index contributed by atoms with van der Waals surface area (Å²) in [7, 11) is 0. The van der Waals surface area contributed by atoms with Crippen molar-refractivity contribution in [1.82, 2.24) is 10.2 Å². The van der Waals surface area contributed by atoms with E-state index in [1.807, 2.05) is 13.0 Å². The van der Waals surface area contributed by atoms with Gasteiger partial charge in [0.1, 0.15) is 5.82 Å². The highest BCUT2D eigenvalue weighted by Gasteiger charge is 2.25. The van der Waals surface area contributed by atoms with Crippen LogP contribution in [0.5, 0.6) is 0 Å². The molecule has 0 aromatic carbocycles. The molecule has 1 heterocycles. The molecule has 1 aromatic heterocycles. The fourth-order valence-electron chi connectivity index (χ4n) is 1.72. The topological polar surface area (TPSA) is 37.8 Å². The second-order valence-electron chi connectivity index (χ2n) is 4.21. The number of aryl methyl sites for hydroxylation is 1. The zero-order chi connectivity index (χ0) is 10.7. The van der Waals surface area contributed by atoms with Gasteiger partial charge in [-0.3, -0.25) is 0 Å². The van der Waals surface area contributed by atoms with E-state index in [1.165, 1.54) is 19.3 Å². The molecule has 1 aliphatic carbocycles. The van der Waals surface area contributed by atoms with Crippen molar-refractivity contribution in [1.29, 1.82) is 0 Å². The van der Waals surface area contributed by atoms with Crippen LogP contribution in [0.2, 0.25) is 0 Å². The van der Waals surface area contributed by atoms with Crippen molar-refractivity contribution in [2.45, 2.75) is 31.6 Å². The minimum absolute atomic E-state index is 0.223. The molecule has 0 spiro atoms. The van der Waals surface area contributed by atoms with Crippen LogP contribution in [0.3, 0.4) is 0 Å². The van der Waals surface area contributed by atoms with Crippen LogP contribution in [-0.4, -0.2) is 22.1 Å². The Balaban J connectivity index is 1.81. The molecule has 3 nitrogen and oxygen atoms in total. The monoisotopic (exact) mass is 225 g/mol. The molecule has 82 valence electrons. The largest absolute Gasteiger partial charge is 0.367 e. The maximum atomic E-state index is 6.26. The maximum Gasteiger partial charge on any atom is 0.148 e. The zero-order valence-electron chi connectivity index (χ0n) is 8.91. The minimum atomic E-state index is 0.223. The lowest BCUT2D eigenvalue weighted by Crippen LogP contribution is -2.28. The Labute approximate surface area is 95.2 Å². The number of alkyl halides is 1. The van der Waals surface area contributed by atoms with E-state index in [4.69, 9.17) is 11.6 Å². The van der Waals surface area contributed by atoms with E-state index in [1.54, 1.807) is 6.20 Å². The number of nitrogens with zero attached hydrogens (tertiary/aromatic N) is 2. The van der Waals surface area contributed by atoms with Crippen LogP contribution >= 0.6 is 11.6 Å². The molecule has 1 fully saturated rings. The molecule has 2 rings (SSSR count). The van der Waals surface area contributed by atoms with Crippen LogP contribution in [0.1, 0.15) is 24.8 Å². The highest BCUT2D eigenvalue weighted by atomic mass is 35.5. The van der Waals surface area contributed by atoms with Gasteiger partial charge in [0.05, 0.1) is 11.6 Å². The van der Waals surface area contributed by atoms with Crippen molar-refractivity contribution >= 4 is 17.4 Å². The highest BCUT2D eigenvalue weighted by Crippen LogP contribution is 2.32. The highest BCUT2D eigenvalue weighted by molar-refractivity contribution is 6.21. The average Bonchev–Trinajstić information content (AvgIpc) is 2.12. The maximum absolute atomic E-state index is 6.26.